The summed E-state index contributed by atoms with van der Waals surface area (Å²) in [4.78, 5) is 24.3. The van der Waals surface area contributed by atoms with E-state index in [0.717, 1.165) is 10.5 Å². The Bertz CT molecular complexity index is 509. The summed E-state index contributed by atoms with van der Waals surface area (Å²) >= 11 is 6.10. The van der Waals surface area contributed by atoms with Crippen LogP contribution in [-0.4, -0.2) is 43.7 Å². The summed E-state index contributed by atoms with van der Waals surface area (Å²) in [6.07, 6.45) is -0.363. The fourth-order valence-corrected chi connectivity index (χ4v) is 2.25. The maximum atomic E-state index is 11.9. The van der Waals surface area contributed by atoms with E-state index >= 15 is 0 Å². The minimum Gasteiger partial charge on any atom is -0.375 e. The predicted octanol–water partition coefficient (Wildman–Crippen LogP) is 1.76. The quantitative estimate of drug-likeness (QED) is 0.889. The van der Waals surface area contributed by atoms with Gasteiger partial charge in [-0.1, -0.05) is 29.8 Å². The molecule has 1 aliphatic rings. The van der Waals surface area contributed by atoms with Gasteiger partial charge in [0.05, 0.1) is 0 Å². The third-order valence-corrected chi connectivity index (χ3v) is 3.42. The smallest absolute Gasteiger partial charge is 0.325 e. The molecule has 20 heavy (non-hydrogen) atoms. The highest BCUT2D eigenvalue weighted by atomic mass is 35.5. The normalized spacial score (nSPS) is 15.9. The number of carbonyl (C=O) groups is 2. The second-order valence-corrected chi connectivity index (χ2v) is 4.72. The van der Waals surface area contributed by atoms with Crippen LogP contribution >= 0.6 is 11.6 Å². The van der Waals surface area contributed by atoms with Crippen LogP contribution in [0.2, 0.25) is 5.02 Å². The Labute approximate surface area is 122 Å². The minimum absolute atomic E-state index is 0.239. The van der Waals surface area contributed by atoms with Crippen molar-refractivity contribution in [2.45, 2.75) is 6.10 Å². The van der Waals surface area contributed by atoms with Gasteiger partial charge in [-0.05, 0) is 6.07 Å². The molecule has 1 heterocycles. The number of nitrogens with zero attached hydrogens (tertiary/aromatic N) is 1. The van der Waals surface area contributed by atoms with Gasteiger partial charge in [-0.15, -0.1) is 0 Å². The summed E-state index contributed by atoms with van der Waals surface area (Å²) in [7, 11) is 1.54. The number of hydrogen-bond acceptors (Lipinski definition) is 3. The number of urea groups is 2. The van der Waals surface area contributed by atoms with Gasteiger partial charge in [0.25, 0.3) is 0 Å². The Morgan fingerprint density at radius 1 is 1.55 bits per heavy atom. The van der Waals surface area contributed by atoms with Crippen molar-refractivity contribution in [3.8, 4) is 0 Å². The number of ether oxygens (including phenoxy) is 1. The summed E-state index contributed by atoms with van der Waals surface area (Å²) in [5, 5.41) is 5.82. The molecule has 6 nitrogen and oxygen atoms in total. The Morgan fingerprint density at radius 2 is 2.30 bits per heavy atom. The van der Waals surface area contributed by atoms with E-state index in [9.17, 15) is 9.59 Å². The monoisotopic (exact) mass is 297 g/mol. The molecule has 0 bridgehead atoms. The minimum atomic E-state index is -0.436. The Morgan fingerprint density at radius 3 is 2.90 bits per heavy atom. The first-order chi connectivity index (χ1) is 9.63. The zero-order valence-electron chi connectivity index (χ0n) is 11.1. The van der Waals surface area contributed by atoms with Crippen LogP contribution in [-0.2, 0) is 4.74 Å². The van der Waals surface area contributed by atoms with Gasteiger partial charge in [0, 0.05) is 37.3 Å². The van der Waals surface area contributed by atoms with E-state index in [1.807, 2.05) is 18.2 Å². The van der Waals surface area contributed by atoms with E-state index in [1.165, 1.54) is 0 Å². The highest BCUT2D eigenvalue weighted by molar-refractivity contribution is 6.31. The molecule has 1 saturated heterocycles. The third-order valence-electron chi connectivity index (χ3n) is 3.08. The lowest BCUT2D eigenvalue weighted by atomic mass is 10.1. The van der Waals surface area contributed by atoms with Gasteiger partial charge in [0.2, 0.25) is 0 Å². The molecule has 1 aromatic rings. The molecule has 108 valence electrons. The summed E-state index contributed by atoms with van der Waals surface area (Å²) < 4.78 is 5.34. The van der Waals surface area contributed by atoms with Gasteiger partial charge in [-0.2, -0.15) is 0 Å². The maximum absolute atomic E-state index is 11.9. The molecular weight excluding hydrogens is 282 g/mol. The average molecular weight is 298 g/mol. The van der Waals surface area contributed by atoms with Crippen LogP contribution in [0.1, 0.15) is 11.7 Å². The Balaban J connectivity index is 1.96. The molecule has 0 aromatic heterocycles. The molecule has 4 amide bonds. The molecule has 0 saturated carbocycles. The zero-order chi connectivity index (χ0) is 14.5. The Kier molecular flexibility index (Phi) is 4.81. The fraction of sp³-hybridized carbons (Fsp3) is 0.385. The number of methoxy groups -OCH3 is 1. The first kappa shape index (κ1) is 14.6. The lowest BCUT2D eigenvalue weighted by Crippen LogP contribution is -2.43. The molecule has 1 aliphatic heterocycles. The Hall–Kier alpha value is -1.79. The van der Waals surface area contributed by atoms with Crippen molar-refractivity contribution in [3.63, 3.8) is 0 Å². The van der Waals surface area contributed by atoms with Crippen molar-refractivity contribution < 1.29 is 14.3 Å². The number of benzene rings is 1. The van der Waals surface area contributed by atoms with E-state index in [-0.39, 0.29) is 18.7 Å². The van der Waals surface area contributed by atoms with Gasteiger partial charge in [0.15, 0.2) is 0 Å². The van der Waals surface area contributed by atoms with Crippen LogP contribution in [0.15, 0.2) is 24.3 Å². The summed E-state index contributed by atoms with van der Waals surface area (Å²) in [6, 6.07) is 6.46. The van der Waals surface area contributed by atoms with Crippen LogP contribution < -0.4 is 10.6 Å². The summed E-state index contributed by atoms with van der Waals surface area (Å²) in [6.45, 7) is 1.09. The van der Waals surface area contributed by atoms with Crippen molar-refractivity contribution in [2.75, 3.05) is 26.7 Å². The van der Waals surface area contributed by atoms with Crippen molar-refractivity contribution in [1.29, 1.82) is 0 Å². The van der Waals surface area contributed by atoms with Gasteiger partial charge in [-0.25, -0.2) is 14.5 Å². The van der Waals surface area contributed by atoms with Crippen LogP contribution in [0.5, 0.6) is 0 Å². The van der Waals surface area contributed by atoms with E-state index in [2.05, 4.69) is 10.6 Å². The lowest BCUT2D eigenvalue weighted by Gasteiger charge is -2.19. The molecular formula is C13H16ClN3O3. The van der Waals surface area contributed by atoms with Crippen LogP contribution in [0.3, 0.4) is 0 Å². The molecule has 2 rings (SSSR count). The van der Waals surface area contributed by atoms with Crippen molar-refractivity contribution in [1.82, 2.24) is 15.5 Å². The van der Waals surface area contributed by atoms with Crippen molar-refractivity contribution >= 4 is 23.7 Å². The largest absolute Gasteiger partial charge is 0.375 e. The molecule has 1 atom stereocenters. The van der Waals surface area contributed by atoms with Gasteiger partial charge in [0.1, 0.15) is 6.10 Å². The molecule has 0 aliphatic carbocycles. The third kappa shape index (κ3) is 3.20. The maximum Gasteiger partial charge on any atom is 0.325 e. The number of imide groups is 1. The van der Waals surface area contributed by atoms with Crippen molar-refractivity contribution in [3.05, 3.63) is 34.9 Å². The fourth-order valence-electron chi connectivity index (χ4n) is 2.00. The van der Waals surface area contributed by atoms with E-state index in [1.54, 1.807) is 13.2 Å². The number of hydrogen-bond donors (Lipinski definition) is 2. The van der Waals surface area contributed by atoms with Crippen LogP contribution in [0.4, 0.5) is 9.59 Å². The number of carbonyl (C=O) groups excluding carboxylic acids is 2. The number of halogens is 1. The van der Waals surface area contributed by atoms with Crippen molar-refractivity contribution in [2.24, 2.45) is 0 Å². The molecule has 0 unspecified atom stereocenters. The zero-order valence-corrected chi connectivity index (χ0v) is 11.8. The SMILES string of the molecule is CO[C@H](CNC(=O)N1CCNC1=O)c1ccccc1Cl. The molecule has 0 radical (unpaired) electrons. The first-order valence-corrected chi connectivity index (χ1v) is 6.61. The van der Waals surface area contributed by atoms with E-state index in [0.29, 0.717) is 18.1 Å². The number of nitrogens with one attached hydrogen (secondary N) is 2. The molecule has 2 N–H and O–H groups in total. The lowest BCUT2D eigenvalue weighted by molar-refractivity contribution is 0.102. The standard InChI is InChI=1S/C13H16ClN3O3/c1-20-11(9-4-2-3-5-10(9)14)8-16-13(19)17-7-6-15-12(17)18/h2-5,11H,6-8H2,1H3,(H,15,18)(H,16,19)/t11-/m1/s1. The van der Waals surface area contributed by atoms with Gasteiger partial charge < -0.3 is 15.4 Å². The van der Waals surface area contributed by atoms with Crippen LogP contribution in [0, 0.1) is 0 Å². The summed E-state index contributed by atoms with van der Waals surface area (Å²) in [5.41, 5.74) is 0.794. The second kappa shape index (κ2) is 6.58. The molecule has 1 aromatic carbocycles. The predicted molar refractivity (Wildman–Crippen MR) is 74.7 cm³/mol. The average Bonchev–Trinajstić information content (AvgIpc) is 2.87. The van der Waals surface area contributed by atoms with Gasteiger partial charge in [-0.3, -0.25) is 0 Å². The topological polar surface area (TPSA) is 70.7 Å². The van der Waals surface area contributed by atoms with Crippen LogP contribution in [0.25, 0.3) is 0 Å². The first-order valence-electron chi connectivity index (χ1n) is 6.24. The molecule has 0 spiro atoms. The molecule has 1 fully saturated rings. The van der Waals surface area contributed by atoms with Gasteiger partial charge >= 0.3 is 12.1 Å². The highest BCUT2D eigenvalue weighted by Gasteiger charge is 2.26. The molecule has 7 heteroatoms. The number of rotatable bonds is 4. The summed E-state index contributed by atoms with van der Waals surface area (Å²) in [5.74, 6) is 0. The number of amides is 4. The van der Waals surface area contributed by atoms with E-state index < -0.39 is 6.03 Å². The highest BCUT2D eigenvalue weighted by Crippen LogP contribution is 2.24. The second-order valence-electron chi connectivity index (χ2n) is 4.32. The van der Waals surface area contributed by atoms with E-state index in [4.69, 9.17) is 16.3 Å².